The second-order valence-corrected chi connectivity index (χ2v) is 5.69. The average molecular weight is 416 g/mol. The molecule has 0 aliphatic rings. The maximum atomic E-state index is 10.6. The summed E-state index contributed by atoms with van der Waals surface area (Å²) in [5, 5.41) is 0.912. The molecule has 0 aromatic carbocycles. The Bertz CT molecular complexity index is 504. The monoisotopic (exact) mass is 414 g/mol. The standard InChI is InChI=1S/C10H13NO.C6H6BrN.BrH/c1-10(2,8-12)7-9-3-5-11-6-4-9;7-5-6-1-3-8-4-2-6;/h3-6,8H,7H2,1-2H3;1-4H,5H2;1H. The van der Waals surface area contributed by atoms with Crippen LogP contribution in [-0.4, -0.2) is 16.3 Å². The van der Waals surface area contributed by atoms with Gasteiger partial charge in [-0.2, -0.15) is 0 Å². The lowest BCUT2D eigenvalue weighted by Crippen LogP contribution is -2.16. The maximum absolute atomic E-state index is 10.6. The highest BCUT2D eigenvalue weighted by molar-refractivity contribution is 9.08. The molecule has 21 heavy (non-hydrogen) atoms. The summed E-state index contributed by atoms with van der Waals surface area (Å²) >= 11 is 3.33. The van der Waals surface area contributed by atoms with Crippen LogP contribution >= 0.6 is 32.9 Å². The van der Waals surface area contributed by atoms with Gasteiger partial charge >= 0.3 is 0 Å². The summed E-state index contributed by atoms with van der Waals surface area (Å²) in [4.78, 5) is 18.4. The molecule has 2 rings (SSSR count). The van der Waals surface area contributed by atoms with Crippen molar-refractivity contribution in [3.63, 3.8) is 0 Å². The molecular formula is C16H20Br2N2O. The van der Waals surface area contributed by atoms with Crippen LogP contribution in [0.5, 0.6) is 0 Å². The van der Waals surface area contributed by atoms with Gasteiger partial charge in [-0.25, -0.2) is 0 Å². The minimum Gasteiger partial charge on any atom is -0.303 e. The largest absolute Gasteiger partial charge is 0.303 e. The van der Waals surface area contributed by atoms with E-state index in [0.717, 1.165) is 23.6 Å². The average Bonchev–Trinajstić information content (AvgIpc) is 2.49. The molecule has 0 aliphatic heterocycles. The lowest BCUT2D eigenvalue weighted by atomic mass is 9.88. The third-order valence-electron chi connectivity index (χ3n) is 2.63. The highest BCUT2D eigenvalue weighted by Gasteiger charge is 2.16. The Kier molecular flexibility index (Phi) is 10.1. The third kappa shape index (κ3) is 8.73. The minimum atomic E-state index is -0.263. The van der Waals surface area contributed by atoms with E-state index in [2.05, 4.69) is 25.9 Å². The first-order valence-corrected chi connectivity index (χ1v) is 7.49. The smallest absolute Gasteiger partial charge is 0.125 e. The molecule has 0 radical (unpaired) electrons. The van der Waals surface area contributed by atoms with Gasteiger partial charge in [-0.3, -0.25) is 9.97 Å². The number of aldehydes is 1. The topological polar surface area (TPSA) is 42.9 Å². The number of pyridine rings is 2. The molecule has 0 saturated carbocycles. The Hall–Kier alpha value is -1.07. The molecular weight excluding hydrogens is 396 g/mol. The van der Waals surface area contributed by atoms with E-state index in [1.807, 2.05) is 38.1 Å². The summed E-state index contributed by atoms with van der Waals surface area (Å²) in [6.45, 7) is 3.86. The highest BCUT2D eigenvalue weighted by Crippen LogP contribution is 2.17. The van der Waals surface area contributed by atoms with Crippen molar-refractivity contribution >= 4 is 39.2 Å². The van der Waals surface area contributed by atoms with Crippen molar-refractivity contribution in [1.29, 1.82) is 0 Å². The van der Waals surface area contributed by atoms with Gasteiger partial charge in [-0.15, -0.1) is 17.0 Å². The van der Waals surface area contributed by atoms with Crippen LogP contribution in [0, 0.1) is 5.41 Å². The molecule has 3 nitrogen and oxygen atoms in total. The summed E-state index contributed by atoms with van der Waals surface area (Å²) < 4.78 is 0. The van der Waals surface area contributed by atoms with E-state index in [4.69, 9.17) is 0 Å². The molecule has 0 bridgehead atoms. The van der Waals surface area contributed by atoms with E-state index < -0.39 is 0 Å². The first-order chi connectivity index (χ1) is 9.57. The van der Waals surface area contributed by atoms with E-state index in [9.17, 15) is 4.79 Å². The predicted molar refractivity (Wildman–Crippen MR) is 95.0 cm³/mol. The van der Waals surface area contributed by atoms with Gasteiger partial charge in [0.25, 0.3) is 0 Å². The third-order valence-corrected chi connectivity index (χ3v) is 3.28. The van der Waals surface area contributed by atoms with E-state index in [-0.39, 0.29) is 22.4 Å². The van der Waals surface area contributed by atoms with Crippen LogP contribution < -0.4 is 0 Å². The van der Waals surface area contributed by atoms with Crippen molar-refractivity contribution in [1.82, 2.24) is 9.97 Å². The molecule has 0 unspecified atom stereocenters. The number of carbonyl (C=O) groups is 1. The van der Waals surface area contributed by atoms with E-state index in [1.165, 1.54) is 5.56 Å². The molecule has 0 amide bonds. The van der Waals surface area contributed by atoms with Crippen LogP contribution in [0.3, 0.4) is 0 Å². The van der Waals surface area contributed by atoms with Crippen molar-refractivity contribution in [3.8, 4) is 0 Å². The van der Waals surface area contributed by atoms with Crippen molar-refractivity contribution < 1.29 is 4.79 Å². The SMILES string of the molecule is Br.BrCc1ccncc1.CC(C)(C=O)Cc1ccncc1. The number of halogens is 2. The van der Waals surface area contributed by atoms with Gasteiger partial charge < -0.3 is 4.79 Å². The molecule has 0 N–H and O–H groups in total. The number of nitrogens with zero attached hydrogens (tertiary/aromatic N) is 2. The number of carbonyl (C=O) groups excluding carboxylic acids is 1. The molecule has 2 aromatic rings. The van der Waals surface area contributed by atoms with Crippen LogP contribution in [-0.2, 0) is 16.5 Å². The second kappa shape index (κ2) is 10.6. The summed E-state index contributed by atoms with van der Waals surface area (Å²) in [5.41, 5.74) is 2.16. The van der Waals surface area contributed by atoms with Crippen molar-refractivity contribution in [2.75, 3.05) is 0 Å². The molecule has 2 heterocycles. The first-order valence-electron chi connectivity index (χ1n) is 6.37. The molecule has 114 valence electrons. The fourth-order valence-electron chi connectivity index (χ4n) is 1.54. The Morgan fingerprint density at radius 3 is 1.76 bits per heavy atom. The van der Waals surface area contributed by atoms with Gasteiger partial charge in [0.2, 0.25) is 0 Å². The minimum absolute atomic E-state index is 0. The molecule has 0 fully saturated rings. The molecule has 0 aliphatic carbocycles. The lowest BCUT2D eigenvalue weighted by molar-refractivity contribution is -0.114. The van der Waals surface area contributed by atoms with Crippen molar-refractivity contribution in [2.45, 2.75) is 25.6 Å². The fourth-order valence-corrected chi connectivity index (χ4v) is 1.91. The van der Waals surface area contributed by atoms with Crippen molar-refractivity contribution in [2.24, 2.45) is 5.41 Å². The Morgan fingerprint density at radius 1 is 1.00 bits per heavy atom. The van der Waals surface area contributed by atoms with Crippen molar-refractivity contribution in [3.05, 3.63) is 60.2 Å². The Labute approximate surface area is 145 Å². The van der Waals surface area contributed by atoms with E-state index in [0.29, 0.717) is 0 Å². The summed E-state index contributed by atoms with van der Waals surface area (Å²) in [5.74, 6) is 0. The molecule has 0 atom stereocenters. The van der Waals surface area contributed by atoms with Crippen LogP contribution in [0.25, 0.3) is 0 Å². The van der Waals surface area contributed by atoms with Gasteiger partial charge in [0.1, 0.15) is 6.29 Å². The molecule has 2 aromatic heterocycles. The lowest BCUT2D eigenvalue weighted by Gasteiger charge is -2.15. The number of aromatic nitrogens is 2. The number of hydrogen-bond acceptors (Lipinski definition) is 3. The van der Waals surface area contributed by atoms with E-state index in [1.54, 1.807) is 24.8 Å². The predicted octanol–water partition coefficient (Wildman–Crippen LogP) is 4.40. The second-order valence-electron chi connectivity index (χ2n) is 5.13. The quantitative estimate of drug-likeness (QED) is 0.548. The summed E-state index contributed by atoms with van der Waals surface area (Å²) in [6.07, 6.45) is 8.84. The van der Waals surface area contributed by atoms with Gasteiger partial charge in [0, 0.05) is 35.5 Å². The molecule has 0 spiro atoms. The van der Waals surface area contributed by atoms with Crippen LogP contribution in [0.4, 0.5) is 0 Å². The van der Waals surface area contributed by atoms with E-state index >= 15 is 0 Å². The van der Waals surface area contributed by atoms with Gasteiger partial charge in [-0.05, 0) is 41.8 Å². The maximum Gasteiger partial charge on any atom is 0.125 e. The zero-order valence-electron chi connectivity index (χ0n) is 12.2. The Balaban J connectivity index is 0.000000390. The number of alkyl halides is 1. The highest BCUT2D eigenvalue weighted by atomic mass is 79.9. The normalized spacial score (nSPS) is 9.86. The molecule has 0 saturated heterocycles. The first kappa shape index (κ1) is 19.9. The summed E-state index contributed by atoms with van der Waals surface area (Å²) in [6, 6.07) is 7.83. The van der Waals surface area contributed by atoms with Gasteiger partial charge in [-0.1, -0.05) is 29.8 Å². The number of rotatable bonds is 4. The molecule has 5 heteroatoms. The Morgan fingerprint density at radius 2 is 1.43 bits per heavy atom. The van der Waals surface area contributed by atoms with Gasteiger partial charge in [0.05, 0.1) is 0 Å². The van der Waals surface area contributed by atoms with Crippen LogP contribution in [0.15, 0.2) is 49.1 Å². The zero-order chi connectivity index (χ0) is 14.8. The fraction of sp³-hybridized carbons (Fsp3) is 0.312. The summed E-state index contributed by atoms with van der Waals surface area (Å²) in [7, 11) is 0. The number of hydrogen-bond donors (Lipinski definition) is 0. The van der Waals surface area contributed by atoms with Gasteiger partial charge in [0.15, 0.2) is 0 Å². The van der Waals surface area contributed by atoms with Crippen LogP contribution in [0.2, 0.25) is 0 Å². The van der Waals surface area contributed by atoms with Crippen LogP contribution in [0.1, 0.15) is 25.0 Å². The zero-order valence-corrected chi connectivity index (χ0v) is 15.5.